The number of allylic oxidation sites excluding steroid dienone is 3. The Labute approximate surface area is 205 Å². The number of halogens is 4. The fourth-order valence-electron chi connectivity index (χ4n) is 4.54. The number of alkyl halides is 3. The van der Waals surface area contributed by atoms with Crippen molar-refractivity contribution in [2.24, 2.45) is 5.73 Å². The molecule has 0 amide bonds. The molecule has 2 aliphatic rings. The smallest absolute Gasteiger partial charge is 0.384 e. The first kappa shape index (κ1) is 24.4. The summed E-state index contributed by atoms with van der Waals surface area (Å²) >= 11 is 7.88. The summed E-state index contributed by atoms with van der Waals surface area (Å²) in [7, 11) is 0. The third-order valence-electron chi connectivity index (χ3n) is 6.17. The van der Waals surface area contributed by atoms with Gasteiger partial charge in [-0.2, -0.15) is 18.4 Å². The predicted molar refractivity (Wildman–Crippen MR) is 127 cm³/mol. The quantitative estimate of drug-likeness (QED) is 0.472. The third-order valence-corrected chi connectivity index (χ3v) is 7.70. The van der Waals surface area contributed by atoms with Crippen molar-refractivity contribution in [1.82, 2.24) is 0 Å². The Morgan fingerprint density at radius 1 is 1.26 bits per heavy atom. The predicted octanol–water partition coefficient (Wildman–Crippen LogP) is 7.07. The maximum Gasteiger partial charge on any atom is 0.416 e. The lowest BCUT2D eigenvalue weighted by atomic mass is 9.78. The Balaban J connectivity index is 1.91. The minimum Gasteiger partial charge on any atom is -0.384 e. The minimum atomic E-state index is -4.58. The van der Waals surface area contributed by atoms with Crippen molar-refractivity contribution in [3.05, 3.63) is 73.3 Å². The van der Waals surface area contributed by atoms with E-state index in [2.05, 4.69) is 13.0 Å². The molecule has 2 heterocycles. The molecular weight excluding hydrogens is 483 g/mol. The van der Waals surface area contributed by atoms with Crippen LogP contribution in [0.4, 0.5) is 18.9 Å². The molecule has 1 unspecified atom stereocenters. The summed E-state index contributed by atoms with van der Waals surface area (Å²) in [4.78, 5) is 16.6. The molecule has 1 aliphatic carbocycles. The number of nitriles is 1. The molecule has 0 saturated carbocycles. The number of ketones is 1. The average molecular weight is 506 g/mol. The molecule has 4 nitrogen and oxygen atoms in total. The normalized spacial score (nSPS) is 18.9. The number of unbranched alkanes of at least 4 members (excludes halogenated alkanes) is 1. The van der Waals surface area contributed by atoms with Gasteiger partial charge in [-0.1, -0.05) is 24.9 Å². The summed E-state index contributed by atoms with van der Waals surface area (Å²) in [6.45, 7) is 2.11. The molecule has 1 aromatic carbocycles. The van der Waals surface area contributed by atoms with Crippen molar-refractivity contribution in [2.75, 3.05) is 4.90 Å². The molecule has 178 valence electrons. The van der Waals surface area contributed by atoms with Gasteiger partial charge in [-0.15, -0.1) is 11.3 Å². The first-order valence-electron chi connectivity index (χ1n) is 11.1. The molecule has 2 N–H and O–H groups in total. The van der Waals surface area contributed by atoms with Gasteiger partial charge in [0.1, 0.15) is 5.82 Å². The van der Waals surface area contributed by atoms with Gasteiger partial charge in [0.05, 0.1) is 33.8 Å². The van der Waals surface area contributed by atoms with Crippen LogP contribution in [0.5, 0.6) is 0 Å². The average Bonchev–Trinajstić information content (AvgIpc) is 3.25. The van der Waals surface area contributed by atoms with Crippen molar-refractivity contribution < 1.29 is 18.0 Å². The third kappa shape index (κ3) is 4.35. The highest BCUT2D eigenvalue weighted by atomic mass is 35.5. The van der Waals surface area contributed by atoms with Crippen LogP contribution in [0.15, 0.2) is 53.0 Å². The standard InChI is InChI=1S/C25H23ClF3N3OS/c1-2-3-5-15-9-11-21(34-15)22-16(13-30)24(31)32(18-6-4-7-20(33)23(18)22)19-12-14(25(27,28)29)8-10-17(19)26/h8-12,22H,2-7,31H2,1H3. The monoisotopic (exact) mass is 505 g/mol. The van der Waals surface area contributed by atoms with E-state index in [1.165, 1.54) is 4.90 Å². The van der Waals surface area contributed by atoms with Gasteiger partial charge in [0.25, 0.3) is 0 Å². The molecule has 2 aromatic rings. The van der Waals surface area contributed by atoms with Gasteiger partial charge < -0.3 is 5.73 Å². The number of benzene rings is 1. The molecule has 0 spiro atoms. The van der Waals surface area contributed by atoms with Crippen LogP contribution in [0.3, 0.4) is 0 Å². The molecule has 1 atom stereocenters. The Hall–Kier alpha value is -2.76. The summed E-state index contributed by atoms with van der Waals surface area (Å²) in [5, 5.41) is 10.1. The number of Topliss-reactive ketones (excluding diaryl/α,β-unsaturated/α-hetero) is 1. The Bertz CT molecular complexity index is 1240. The van der Waals surface area contributed by atoms with Crippen molar-refractivity contribution in [2.45, 2.75) is 57.5 Å². The lowest BCUT2D eigenvalue weighted by Crippen LogP contribution is -2.38. The van der Waals surface area contributed by atoms with E-state index in [1.807, 2.05) is 12.1 Å². The van der Waals surface area contributed by atoms with Crippen LogP contribution in [0, 0.1) is 11.3 Å². The zero-order chi connectivity index (χ0) is 24.6. The maximum atomic E-state index is 13.5. The van der Waals surface area contributed by atoms with Gasteiger partial charge in [-0.05, 0) is 56.0 Å². The second-order valence-electron chi connectivity index (χ2n) is 8.39. The van der Waals surface area contributed by atoms with Crippen LogP contribution in [-0.2, 0) is 17.4 Å². The molecular formula is C25H23ClF3N3OS. The van der Waals surface area contributed by atoms with E-state index in [0.29, 0.717) is 30.5 Å². The first-order valence-corrected chi connectivity index (χ1v) is 12.3. The lowest BCUT2D eigenvalue weighted by molar-refractivity contribution is -0.137. The van der Waals surface area contributed by atoms with Crippen LogP contribution >= 0.6 is 22.9 Å². The molecule has 0 saturated heterocycles. The molecule has 34 heavy (non-hydrogen) atoms. The van der Waals surface area contributed by atoms with E-state index < -0.39 is 17.7 Å². The van der Waals surface area contributed by atoms with E-state index in [-0.39, 0.29) is 27.9 Å². The first-order chi connectivity index (χ1) is 16.2. The van der Waals surface area contributed by atoms with Crippen molar-refractivity contribution in [1.29, 1.82) is 5.26 Å². The fourth-order valence-corrected chi connectivity index (χ4v) is 5.92. The Morgan fingerprint density at radius 2 is 2.03 bits per heavy atom. The van der Waals surface area contributed by atoms with Gasteiger partial charge in [0.15, 0.2) is 5.78 Å². The maximum absolute atomic E-state index is 13.5. The molecule has 4 rings (SSSR count). The highest BCUT2D eigenvalue weighted by Gasteiger charge is 2.42. The minimum absolute atomic E-state index is 0.00526. The summed E-state index contributed by atoms with van der Waals surface area (Å²) in [6, 6.07) is 9.04. The number of carbonyl (C=O) groups is 1. The zero-order valence-corrected chi connectivity index (χ0v) is 20.1. The molecule has 1 aromatic heterocycles. The van der Waals surface area contributed by atoms with E-state index in [9.17, 15) is 23.2 Å². The van der Waals surface area contributed by atoms with Crippen molar-refractivity contribution in [3.8, 4) is 6.07 Å². The largest absolute Gasteiger partial charge is 0.416 e. The van der Waals surface area contributed by atoms with Crippen LogP contribution in [-0.4, -0.2) is 5.78 Å². The van der Waals surface area contributed by atoms with Gasteiger partial charge in [0.2, 0.25) is 0 Å². The van der Waals surface area contributed by atoms with Gasteiger partial charge in [-0.25, -0.2) is 0 Å². The van der Waals surface area contributed by atoms with Crippen molar-refractivity contribution in [3.63, 3.8) is 0 Å². The molecule has 9 heteroatoms. The molecule has 0 bridgehead atoms. The van der Waals surface area contributed by atoms with Gasteiger partial charge in [-0.3, -0.25) is 9.69 Å². The van der Waals surface area contributed by atoms with Gasteiger partial charge >= 0.3 is 6.18 Å². The second kappa shape index (κ2) is 9.47. The van der Waals surface area contributed by atoms with E-state index in [4.69, 9.17) is 17.3 Å². The number of nitrogens with two attached hydrogens (primary N) is 1. The van der Waals surface area contributed by atoms with E-state index >= 15 is 0 Å². The van der Waals surface area contributed by atoms with E-state index in [1.54, 1.807) is 11.3 Å². The molecule has 1 aliphatic heterocycles. The number of thiophene rings is 1. The van der Waals surface area contributed by atoms with Crippen LogP contribution in [0.1, 0.15) is 60.3 Å². The summed E-state index contributed by atoms with van der Waals surface area (Å²) in [5.41, 5.74) is 6.68. The number of aryl methyl sites for hydroxylation is 1. The van der Waals surface area contributed by atoms with E-state index in [0.717, 1.165) is 47.2 Å². The fraction of sp³-hybridized carbons (Fsp3) is 0.360. The summed E-state index contributed by atoms with van der Waals surface area (Å²) in [5.74, 6) is -0.747. The topological polar surface area (TPSA) is 70.1 Å². The molecule has 0 fully saturated rings. The highest BCUT2D eigenvalue weighted by Crippen LogP contribution is 2.49. The second-order valence-corrected chi connectivity index (χ2v) is 9.99. The van der Waals surface area contributed by atoms with Gasteiger partial charge in [0, 0.05) is 27.4 Å². The Morgan fingerprint density at radius 3 is 2.71 bits per heavy atom. The summed E-state index contributed by atoms with van der Waals surface area (Å²) < 4.78 is 40.4. The van der Waals surface area contributed by atoms with Crippen LogP contribution < -0.4 is 10.6 Å². The number of carbonyl (C=O) groups excluding carboxylic acids is 1. The lowest BCUT2D eigenvalue weighted by Gasteiger charge is -2.39. The number of anilines is 1. The Kier molecular flexibility index (Phi) is 6.79. The SMILES string of the molecule is CCCCc1ccc(C2C(C#N)=C(N)N(c3cc(C(F)(F)F)ccc3Cl)C3=C2C(=O)CCC3)s1. The molecule has 0 radical (unpaired) electrons. The van der Waals surface area contributed by atoms with Crippen molar-refractivity contribution >= 4 is 34.4 Å². The van der Waals surface area contributed by atoms with Crippen LogP contribution in [0.2, 0.25) is 5.02 Å². The number of nitrogens with zero attached hydrogens (tertiary/aromatic N) is 2. The number of rotatable bonds is 5. The zero-order valence-electron chi connectivity index (χ0n) is 18.5. The number of hydrogen-bond acceptors (Lipinski definition) is 5. The number of hydrogen-bond donors (Lipinski definition) is 1. The highest BCUT2D eigenvalue weighted by molar-refractivity contribution is 7.12. The van der Waals surface area contributed by atoms with Crippen LogP contribution in [0.25, 0.3) is 0 Å². The summed E-state index contributed by atoms with van der Waals surface area (Å²) in [6.07, 6.45) is -0.307.